The van der Waals surface area contributed by atoms with Gasteiger partial charge in [0.1, 0.15) is 47.8 Å². The summed E-state index contributed by atoms with van der Waals surface area (Å²) in [7, 11) is 0. The van der Waals surface area contributed by atoms with Crippen LogP contribution in [0.3, 0.4) is 0 Å². The Hall–Kier alpha value is -6.32. The Balaban J connectivity index is 1.94. The number of carbonyl (C=O) groups excluding carboxylic acids is 7. The summed E-state index contributed by atoms with van der Waals surface area (Å²) in [6.45, 7) is 3.61. The fourth-order valence-corrected chi connectivity index (χ4v) is 7.81. The number of aromatic hydroxyl groups is 2. The molecule has 370 valence electrons. The van der Waals surface area contributed by atoms with Gasteiger partial charge in [0.15, 0.2) is 0 Å². The molecule has 3 aromatic carbocycles. The second-order valence-corrected chi connectivity index (χ2v) is 18.6. The summed E-state index contributed by atoms with van der Waals surface area (Å²) in [5.74, 6) is -6.31. The van der Waals surface area contributed by atoms with E-state index < -0.39 is 96.0 Å². The predicted molar refractivity (Wildman–Crippen MR) is 260 cm³/mol. The third-order valence-electron chi connectivity index (χ3n) is 10.5. The number of primary amides is 1. The SMILES string of the molecule is CSCC[C@H](NC(=O)[C@H](CC(C)C)NC(=O)[C@H](Cc1ccc(O)cc1)NC(=O)[C@H](Cc1ccccc1)NC(=O)[C@@H](CCSC)NC(=O)[C@@H](N)Cc1ccc(O)cc1)C(=O)N[C@@H](CC(=O)O)C(N)=O. The van der Waals surface area contributed by atoms with E-state index in [1.54, 1.807) is 74.7 Å². The highest BCUT2D eigenvalue weighted by atomic mass is 32.2. The van der Waals surface area contributed by atoms with Crippen molar-refractivity contribution < 1.29 is 53.7 Å². The lowest BCUT2D eigenvalue weighted by molar-refractivity contribution is -0.140. The van der Waals surface area contributed by atoms with Gasteiger partial charge in [-0.25, -0.2) is 0 Å². The van der Waals surface area contributed by atoms with Gasteiger partial charge in [0.05, 0.1) is 12.5 Å². The molecule has 7 amide bonds. The topological polar surface area (TPSA) is 321 Å². The number of carboxylic acid groups (broad SMARTS) is 1. The number of thioether (sulfide) groups is 2. The molecule has 68 heavy (non-hydrogen) atoms. The number of phenols is 2. The van der Waals surface area contributed by atoms with Crippen molar-refractivity contribution >= 4 is 70.8 Å². The van der Waals surface area contributed by atoms with E-state index in [4.69, 9.17) is 11.5 Å². The molecule has 0 unspecified atom stereocenters. The fraction of sp³-hybridized carbons (Fsp3) is 0.447. The molecule has 3 rings (SSSR count). The van der Waals surface area contributed by atoms with Gasteiger partial charge in [-0.3, -0.25) is 38.4 Å². The van der Waals surface area contributed by atoms with E-state index in [1.165, 1.54) is 47.8 Å². The standard InChI is InChI=1S/C47H64N8O11S2/c1-27(2)22-37(45(64)51-35(19-21-68-4)43(62)52-36(41(49)60)26-40(58)59)53-46(65)39(25-30-12-16-32(57)17-13-30)55-47(66)38(24-28-8-6-5-7-9-28)54-44(63)34(18-20-67-3)50-42(61)33(48)23-29-10-14-31(56)15-11-29/h5-17,27,33-39,56-57H,18-26,48H2,1-4H3,(H2,49,60)(H,50,61)(H,51,64)(H,52,62)(H,53,65)(H,54,63)(H,55,66)(H,58,59)/t33-,34+,35-,36-,37-,38-,39-/m0/s1. The van der Waals surface area contributed by atoms with Crippen molar-refractivity contribution in [3.05, 3.63) is 95.6 Å². The Kier molecular flexibility index (Phi) is 23.7. The summed E-state index contributed by atoms with van der Waals surface area (Å²) in [6.07, 6.45) is 3.10. The molecule has 0 saturated carbocycles. The number of carboxylic acids is 1. The molecule has 0 spiro atoms. The zero-order valence-corrected chi connectivity index (χ0v) is 40.2. The molecule has 0 aliphatic rings. The van der Waals surface area contributed by atoms with Crippen molar-refractivity contribution in [2.75, 3.05) is 24.0 Å². The van der Waals surface area contributed by atoms with Gasteiger partial charge in [0, 0.05) is 12.8 Å². The Morgan fingerprint density at radius 3 is 1.31 bits per heavy atom. The van der Waals surface area contributed by atoms with E-state index in [-0.39, 0.29) is 55.9 Å². The number of nitrogens with one attached hydrogen (secondary N) is 6. The van der Waals surface area contributed by atoms with Gasteiger partial charge in [-0.05, 0) is 96.6 Å². The number of carbonyl (C=O) groups is 8. The second-order valence-electron chi connectivity index (χ2n) is 16.6. The molecule has 13 N–H and O–H groups in total. The molecule has 19 nitrogen and oxygen atoms in total. The minimum Gasteiger partial charge on any atom is -0.508 e. The predicted octanol–water partition coefficient (Wildman–Crippen LogP) is 0.874. The maximum atomic E-state index is 14.5. The van der Waals surface area contributed by atoms with Gasteiger partial charge in [-0.1, -0.05) is 68.4 Å². The molecule has 0 aliphatic heterocycles. The van der Waals surface area contributed by atoms with Crippen LogP contribution in [0.5, 0.6) is 11.5 Å². The van der Waals surface area contributed by atoms with Gasteiger partial charge in [-0.2, -0.15) is 23.5 Å². The molecule has 7 atom stereocenters. The van der Waals surface area contributed by atoms with Crippen LogP contribution in [0.4, 0.5) is 0 Å². The summed E-state index contributed by atoms with van der Waals surface area (Å²) in [5, 5.41) is 44.8. The van der Waals surface area contributed by atoms with Crippen LogP contribution in [-0.2, 0) is 57.6 Å². The normalized spacial score (nSPS) is 14.1. The Morgan fingerprint density at radius 2 is 0.882 bits per heavy atom. The third kappa shape index (κ3) is 19.9. The zero-order valence-electron chi connectivity index (χ0n) is 38.6. The summed E-state index contributed by atoms with van der Waals surface area (Å²) >= 11 is 2.81. The number of nitrogens with two attached hydrogens (primary N) is 2. The van der Waals surface area contributed by atoms with Crippen LogP contribution in [0.15, 0.2) is 78.9 Å². The number of hydrogen-bond donors (Lipinski definition) is 11. The minimum atomic E-state index is -1.56. The number of hydrogen-bond acceptors (Lipinski definition) is 13. The summed E-state index contributed by atoms with van der Waals surface area (Å²) in [6, 6.07) is 12.0. The lowest BCUT2D eigenvalue weighted by Crippen LogP contribution is -2.60. The monoisotopic (exact) mass is 980 g/mol. The van der Waals surface area contributed by atoms with Crippen molar-refractivity contribution in [3.63, 3.8) is 0 Å². The van der Waals surface area contributed by atoms with Crippen molar-refractivity contribution in [2.24, 2.45) is 17.4 Å². The molecule has 0 saturated heterocycles. The number of amides is 7. The Labute approximate surface area is 404 Å². The zero-order chi connectivity index (χ0) is 50.3. The maximum Gasteiger partial charge on any atom is 0.305 e. The van der Waals surface area contributed by atoms with E-state index in [1.807, 2.05) is 6.26 Å². The van der Waals surface area contributed by atoms with Crippen LogP contribution in [0.1, 0.15) is 56.2 Å². The van der Waals surface area contributed by atoms with Gasteiger partial charge in [0.25, 0.3) is 0 Å². The van der Waals surface area contributed by atoms with E-state index in [9.17, 15) is 53.7 Å². The molecular formula is C47H64N8O11S2. The number of phenolic OH excluding ortho intramolecular Hbond substituents is 2. The first kappa shape index (κ1) is 56.0. The molecule has 0 aromatic heterocycles. The third-order valence-corrected chi connectivity index (χ3v) is 11.8. The average molecular weight is 981 g/mol. The van der Waals surface area contributed by atoms with Crippen LogP contribution in [0, 0.1) is 5.92 Å². The first-order valence-corrected chi connectivity index (χ1v) is 24.7. The van der Waals surface area contributed by atoms with Crippen LogP contribution in [0.25, 0.3) is 0 Å². The number of benzene rings is 3. The van der Waals surface area contributed by atoms with E-state index >= 15 is 0 Å². The highest BCUT2D eigenvalue weighted by Crippen LogP contribution is 2.15. The summed E-state index contributed by atoms with van der Waals surface area (Å²) in [4.78, 5) is 107. The lowest BCUT2D eigenvalue weighted by Gasteiger charge is -2.28. The molecule has 0 fully saturated rings. The average Bonchev–Trinajstić information content (AvgIpc) is 3.29. The molecule has 0 heterocycles. The van der Waals surface area contributed by atoms with E-state index in [0.717, 1.165) is 0 Å². The minimum absolute atomic E-state index is 0.0313. The molecule has 0 bridgehead atoms. The van der Waals surface area contributed by atoms with Crippen LogP contribution in [0.2, 0.25) is 0 Å². The first-order chi connectivity index (χ1) is 32.3. The van der Waals surface area contributed by atoms with Gasteiger partial charge < -0.3 is 58.7 Å². The van der Waals surface area contributed by atoms with Gasteiger partial charge in [0.2, 0.25) is 41.4 Å². The van der Waals surface area contributed by atoms with Crippen LogP contribution >= 0.6 is 23.5 Å². The molecule has 21 heteroatoms. The molecule has 0 aliphatic carbocycles. The smallest absolute Gasteiger partial charge is 0.305 e. The first-order valence-electron chi connectivity index (χ1n) is 22.0. The van der Waals surface area contributed by atoms with Crippen molar-refractivity contribution in [1.29, 1.82) is 0 Å². The van der Waals surface area contributed by atoms with Crippen molar-refractivity contribution in [2.45, 2.75) is 101 Å². The highest BCUT2D eigenvalue weighted by molar-refractivity contribution is 7.98. The molecular weight excluding hydrogens is 917 g/mol. The molecule has 0 radical (unpaired) electrons. The van der Waals surface area contributed by atoms with Crippen LogP contribution in [-0.4, -0.2) is 129 Å². The Morgan fingerprint density at radius 1 is 0.515 bits per heavy atom. The van der Waals surface area contributed by atoms with Gasteiger partial charge in [-0.15, -0.1) is 0 Å². The lowest BCUT2D eigenvalue weighted by atomic mass is 9.99. The molecule has 3 aromatic rings. The fourth-order valence-electron chi connectivity index (χ4n) is 6.86. The highest BCUT2D eigenvalue weighted by Gasteiger charge is 2.34. The van der Waals surface area contributed by atoms with Crippen molar-refractivity contribution in [1.82, 2.24) is 31.9 Å². The van der Waals surface area contributed by atoms with Gasteiger partial charge >= 0.3 is 5.97 Å². The number of aliphatic carboxylic acids is 1. The number of rotatable bonds is 29. The largest absolute Gasteiger partial charge is 0.508 e. The van der Waals surface area contributed by atoms with Crippen LogP contribution < -0.4 is 43.4 Å². The summed E-state index contributed by atoms with van der Waals surface area (Å²) < 4.78 is 0. The van der Waals surface area contributed by atoms with Crippen molar-refractivity contribution in [3.8, 4) is 11.5 Å². The van der Waals surface area contributed by atoms with E-state index in [2.05, 4.69) is 31.9 Å². The second kappa shape index (κ2) is 28.8. The maximum absolute atomic E-state index is 14.5. The summed E-state index contributed by atoms with van der Waals surface area (Å²) in [5.41, 5.74) is 13.4. The quantitative estimate of drug-likeness (QED) is 0.0460. The Bertz CT molecular complexity index is 2150. The van der Waals surface area contributed by atoms with E-state index in [0.29, 0.717) is 28.2 Å².